The fraction of sp³-hybridized carbons (Fsp3) is 0.650. The van der Waals surface area contributed by atoms with Crippen molar-refractivity contribution in [1.29, 1.82) is 0 Å². The first-order valence-electron chi connectivity index (χ1n) is 9.16. The van der Waals surface area contributed by atoms with Gasteiger partial charge in [0.2, 0.25) is 0 Å². The summed E-state index contributed by atoms with van der Waals surface area (Å²) in [7, 11) is 3.22. The first-order valence-corrected chi connectivity index (χ1v) is 9.16. The highest BCUT2D eigenvalue weighted by atomic mass is 16.5. The summed E-state index contributed by atoms with van der Waals surface area (Å²) in [5.74, 6) is 0.913. The van der Waals surface area contributed by atoms with Crippen molar-refractivity contribution < 1.29 is 24.5 Å². The summed E-state index contributed by atoms with van der Waals surface area (Å²) < 4.78 is 10.6. The molecule has 2 rings (SSSR count). The molecule has 0 spiro atoms. The number of piperidine rings is 1. The minimum absolute atomic E-state index is 0.343. The molecule has 0 radical (unpaired) electrons. The predicted octanol–water partition coefficient (Wildman–Crippen LogP) is 2.78. The van der Waals surface area contributed by atoms with Crippen LogP contribution in [0, 0.1) is 11.3 Å². The maximum absolute atomic E-state index is 12.1. The van der Waals surface area contributed by atoms with E-state index in [1.54, 1.807) is 14.2 Å². The van der Waals surface area contributed by atoms with Crippen molar-refractivity contribution in [3.8, 4) is 11.5 Å². The zero-order valence-corrected chi connectivity index (χ0v) is 16.2. The lowest BCUT2D eigenvalue weighted by atomic mass is 9.72. The van der Waals surface area contributed by atoms with Crippen LogP contribution in [0.3, 0.4) is 0 Å². The molecule has 1 aromatic rings. The maximum Gasteiger partial charge on any atom is 0.313 e. The van der Waals surface area contributed by atoms with Crippen LogP contribution in [-0.2, 0) is 11.3 Å². The van der Waals surface area contributed by atoms with Crippen molar-refractivity contribution >= 4 is 5.97 Å². The lowest BCUT2D eigenvalue weighted by molar-refractivity contribution is -0.165. The van der Waals surface area contributed by atoms with Crippen LogP contribution in [-0.4, -0.2) is 54.5 Å². The Labute approximate surface area is 155 Å². The van der Waals surface area contributed by atoms with E-state index in [1.165, 1.54) is 0 Å². The highest BCUT2D eigenvalue weighted by Gasteiger charge is 2.48. The van der Waals surface area contributed by atoms with Gasteiger partial charge in [0.1, 0.15) is 16.9 Å². The molecule has 0 saturated carbocycles. The SMILES string of the molecule is COc1cc(CN2CC[C@@H](O)[C@](CCC(C)C)(C(=O)O)C2)cc(OC)c1. The molecular formula is C20H31NO5. The zero-order chi connectivity index (χ0) is 19.3. The van der Waals surface area contributed by atoms with Gasteiger partial charge < -0.3 is 19.7 Å². The number of benzene rings is 1. The van der Waals surface area contributed by atoms with E-state index in [0.29, 0.717) is 49.9 Å². The molecule has 1 aromatic carbocycles. The number of likely N-dealkylation sites (tertiary alicyclic amines) is 1. The van der Waals surface area contributed by atoms with Crippen LogP contribution in [0.5, 0.6) is 11.5 Å². The molecule has 0 bridgehead atoms. The lowest BCUT2D eigenvalue weighted by Crippen LogP contribution is -2.55. The predicted molar refractivity (Wildman–Crippen MR) is 99.6 cm³/mol. The van der Waals surface area contributed by atoms with Gasteiger partial charge in [0.05, 0.1) is 20.3 Å². The summed E-state index contributed by atoms with van der Waals surface area (Å²) in [6.07, 6.45) is 0.921. The Morgan fingerprint density at radius 2 is 1.88 bits per heavy atom. The number of carboxylic acid groups (broad SMARTS) is 1. The summed E-state index contributed by atoms with van der Waals surface area (Å²) in [5.41, 5.74) is -0.105. The normalized spacial score (nSPS) is 23.8. The molecule has 1 fully saturated rings. The van der Waals surface area contributed by atoms with E-state index in [1.807, 2.05) is 18.2 Å². The number of rotatable bonds is 8. The molecule has 0 aromatic heterocycles. The third kappa shape index (κ3) is 4.68. The Bertz CT molecular complexity index is 596. The molecule has 6 nitrogen and oxygen atoms in total. The van der Waals surface area contributed by atoms with Gasteiger partial charge >= 0.3 is 5.97 Å². The van der Waals surface area contributed by atoms with E-state index >= 15 is 0 Å². The Hall–Kier alpha value is -1.79. The topological polar surface area (TPSA) is 79.2 Å². The van der Waals surface area contributed by atoms with Crippen molar-refractivity contribution in [3.05, 3.63) is 23.8 Å². The quantitative estimate of drug-likeness (QED) is 0.737. The molecule has 146 valence electrons. The molecule has 26 heavy (non-hydrogen) atoms. The average Bonchev–Trinajstić information content (AvgIpc) is 2.61. The van der Waals surface area contributed by atoms with Crippen LogP contribution in [0.2, 0.25) is 0 Å². The Kier molecular flexibility index (Phi) is 6.89. The van der Waals surface area contributed by atoms with Crippen molar-refractivity contribution in [2.45, 2.75) is 45.8 Å². The molecule has 1 heterocycles. The molecule has 1 saturated heterocycles. The van der Waals surface area contributed by atoms with E-state index in [4.69, 9.17) is 9.47 Å². The highest BCUT2D eigenvalue weighted by Crippen LogP contribution is 2.37. The average molecular weight is 365 g/mol. The Morgan fingerprint density at radius 3 is 2.38 bits per heavy atom. The molecule has 2 atom stereocenters. The molecule has 2 N–H and O–H groups in total. The van der Waals surface area contributed by atoms with Gasteiger partial charge in [-0.25, -0.2) is 0 Å². The van der Waals surface area contributed by atoms with Gasteiger partial charge in [-0.3, -0.25) is 9.69 Å². The number of aliphatic carboxylic acids is 1. The van der Waals surface area contributed by atoms with Gasteiger partial charge in [0.15, 0.2) is 0 Å². The molecule has 0 amide bonds. The minimum atomic E-state index is -1.11. The first kappa shape index (κ1) is 20.5. The summed E-state index contributed by atoms with van der Waals surface area (Å²) >= 11 is 0. The molecule has 0 unspecified atom stereocenters. The summed E-state index contributed by atoms with van der Waals surface area (Å²) in [5, 5.41) is 20.4. The highest BCUT2D eigenvalue weighted by molar-refractivity contribution is 5.76. The zero-order valence-electron chi connectivity index (χ0n) is 16.2. The largest absolute Gasteiger partial charge is 0.497 e. The number of nitrogens with zero attached hydrogens (tertiary/aromatic N) is 1. The van der Waals surface area contributed by atoms with Crippen molar-refractivity contribution in [3.63, 3.8) is 0 Å². The third-order valence-corrected chi connectivity index (χ3v) is 5.27. The molecule has 1 aliphatic heterocycles. The fourth-order valence-corrected chi connectivity index (χ4v) is 3.62. The summed E-state index contributed by atoms with van der Waals surface area (Å²) in [4.78, 5) is 14.2. The fourth-order valence-electron chi connectivity index (χ4n) is 3.62. The Balaban J connectivity index is 2.19. The number of ether oxygens (including phenoxy) is 2. The van der Waals surface area contributed by atoms with Gasteiger partial charge in [0.25, 0.3) is 0 Å². The second-order valence-electron chi connectivity index (χ2n) is 7.63. The Morgan fingerprint density at radius 1 is 1.27 bits per heavy atom. The number of aliphatic hydroxyl groups excluding tert-OH is 1. The monoisotopic (exact) mass is 365 g/mol. The van der Waals surface area contributed by atoms with Gasteiger partial charge in [-0.15, -0.1) is 0 Å². The van der Waals surface area contributed by atoms with Crippen molar-refractivity contribution in [2.24, 2.45) is 11.3 Å². The molecule has 1 aliphatic rings. The first-order chi connectivity index (χ1) is 12.3. The van der Waals surface area contributed by atoms with E-state index in [9.17, 15) is 15.0 Å². The number of hydrogen-bond acceptors (Lipinski definition) is 5. The van der Waals surface area contributed by atoms with Crippen LogP contribution in [0.4, 0.5) is 0 Å². The molecule has 0 aliphatic carbocycles. The molecular weight excluding hydrogens is 334 g/mol. The van der Waals surface area contributed by atoms with Gasteiger partial charge in [-0.1, -0.05) is 13.8 Å². The van der Waals surface area contributed by atoms with E-state index in [0.717, 1.165) is 12.0 Å². The van der Waals surface area contributed by atoms with E-state index in [2.05, 4.69) is 18.7 Å². The second-order valence-corrected chi connectivity index (χ2v) is 7.63. The van der Waals surface area contributed by atoms with Gasteiger partial charge in [-0.2, -0.15) is 0 Å². The van der Waals surface area contributed by atoms with Crippen molar-refractivity contribution in [1.82, 2.24) is 4.90 Å². The van der Waals surface area contributed by atoms with Crippen molar-refractivity contribution in [2.75, 3.05) is 27.3 Å². The van der Waals surface area contributed by atoms with Crippen LogP contribution in [0.15, 0.2) is 18.2 Å². The summed E-state index contributed by atoms with van der Waals surface area (Å²) in [6, 6.07) is 5.68. The van der Waals surface area contributed by atoms with Crippen LogP contribution < -0.4 is 9.47 Å². The standard InChI is InChI=1S/C20H31NO5/c1-14(2)5-7-20(19(23)24)13-21(8-6-18(20)22)12-15-9-16(25-3)11-17(10-15)26-4/h9-11,14,18,22H,5-8,12-13H2,1-4H3,(H,23,24)/t18-,20-/m1/s1. The third-order valence-electron chi connectivity index (χ3n) is 5.27. The van der Waals surface area contributed by atoms with Gasteiger partial charge in [-0.05, 0) is 42.9 Å². The van der Waals surface area contributed by atoms with E-state index < -0.39 is 17.5 Å². The summed E-state index contributed by atoms with van der Waals surface area (Å²) in [6.45, 7) is 5.75. The number of carbonyl (C=O) groups is 1. The second kappa shape index (κ2) is 8.73. The number of methoxy groups -OCH3 is 2. The number of carboxylic acids is 1. The smallest absolute Gasteiger partial charge is 0.313 e. The van der Waals surface area contributed by atoms with Crippen LogP contribution in [0.1, 0.15) is 38.7 Å². The van der Waals surface area contributed by atoms with E-state index in [-0.39, 0.29) is 0 Å². The minimum Gasteiger partial charge on any atom is -0.497 e. The number of aliphatic hydroxyl groups is 1. The van der Waals surface area contributed by atoms with Crippen LogP contribution >= 0.6 is 0 Å². The van der Waals surface area contributed by atoms with Crippen LogP contribution in [0.25, 0.3) is 0 Å². The maximum atomic E-state index is 12.1. The van der Waals surface area contributed by atoms with Gasteiger partial charge in [0, 0.05) is 25.7 Å². The number of hydrogen-bond donors (Lipinski definition) is 2. The lowest BCUT2D eigenvalue weighted by Gasteiger charge is -2.43. The molecule has 6 heteroatoms.